The molecule has 2 aromatic heterocycles. The molecule has 2 aromatic rings. The Kier molecular flexibility index (Phi) is 1.32. The molecule has 0 bridgehead atoms. The third kappa shape index (κ3) is 0.970. The van der Waals surface area contributed by atoms with Crippen molar-refractivity contribution >= 4 is 27.4 Å². The van der Waals surface area contributed by atoms with E-state index in [1.165, 1.54) is 0 Å². The van der Waals surface area contributed by atoms with E-state index in [1.807, 2.05) is 0 Å². The van der Waals surface area contributed by atoms with Gasteiger partial charge in [-0.2, -0.15) is 0 Å². The van der Waals surface area contributed by atoms with Crippen LogP contribution in [0.3, 0.4) is 0 Å². The van der Waals surface area contributed by atoms with Gasteiger partial charge in [-0.15, -0.1) is 0 Å². The molecule has 0 radical (unpaired) electrons. The summed E-state index contributed by atoms with van der Waals surface area (Å²) < 4.78 is 2.63. The van der Waals surface area contributed by atoms with Crippen LogP contribution in [0.1, 0.15) is 0 Å². The van der Waals surface area contributed by atoms with Crippen LogP contribution in [0.4, 0.5) is 5.69 Å². The molecule has 56 valence electrons. The molecule has 2 N–H and O–H groups in total. The Morgan fingerprint density at radius 2 is 2.09 bits per heavy atom. The Balaban J connectivity index is 2.87. The fourth-order valence-electron chi connectivity index (χ4n) is 0.861. The van der Waals surface area contributed by atoms with Crippen molar-refractivity contribution < 1.29 is 0 Å². The molecule has 0 unspecified atom stereocenters. The molecule has 4 nitrogen and oxygen atoms in total. The van der Waals surface area contributed by atoms with Crippen LogP contribution in [-0.4, -0.2) is 14.4 Å². The number of nitrogens with two attached hydrogens (primary N) is 1. The molecule has 2 rings (SSSR count). The fourth-order valence-corrected chi connectivity index (χ4v) is 1.22. The zero-order valence-corrected chi connectivity index (χ0v) is 7.12. The average Bonchev–Trinajstić information content (AvgIpc) is 2.33. The summed E-state index contributed by atoms with van der Waals surface area (Å²) in [5, 5.41) is 0. The average molecular weight is 213 g/mol. The number of imidazole rings is 1. The second kappa shape index (κ2) is 2.20. The Morgan fingerprint density at radius 1 is 1.36 bits per heavy atom. The lowest BCUT2D eigenvalue weighted by molar-refractivity contribution is 1.09. The summed E-state index contributed by atoms with van der Waals surface area (Å²) >= 11 is 3.31. The van der Waals surface area contributed by atoms with E-state index < -0.39 is 0 Å². The largest absolute Gasteiger partial charge is 0.396 e. The molecular weight excluding hydrogens is 208 g/mol. The SMILES string of the molecule is Nc1cnc2ncc(Br)n2c1. The zero-order valence-electron chi connectivity index (χ0n) is 5.53. The highest BCUT2D eigenvalue weighted by atomic mass is 79.9. The minimum absolute atomic E-state index is 0.621. The minimum atomic E-state index is 0.621. The van der Waals surface area contributed by atoms with Gasteiger partial charge in [-0.05, 0) is 15.9 Å². The van der Waals surface area contributed by atoms with E-state index in [0.717, 1.165) is 4.60 Å². The normalized spacial score (nSPS) is 10.6. The van der Waals surface area contributed by atoms with E-state index in [9.17, 15) is 0 Å². The molecule has 5 heteroatoms. The zero-order chi connectivity index (χ0) is 7.84. The fraction of sp³-hybridized carbons (Fsp3) is 0. The van der Waals surface area contributed by atoms with Crippen LogP contribution in [0.25, 0.3) is 5.78 Å². The second-order valence-corrected chi connectivity index (χ2v) is 2.95. The van der Waals surface area contributed by atoms with Gasteiger partial charge >= 0.3 is 0 Å². The van der Waals surface area contributed by atoms with Crippen molar-refractivity contribution in [2.45, 2.75) is 0 Å². The Bertz CT molecular complexity index is 394. The first-order chi connectivity index (χ1) is 5.27. The number of hydrogen-bond donors (Lipinski definition) is 1. The summed E-state index contributed by atoms with van der Waals surface area (Å²) in [6.07, 6.45) is 5.02. The number of halogens is 1. The highest BCUT2D eigenvalue weighted by molar-refractivity contribution is 9.10. The highest BCUT2D eigenvalue weighted by Crippen LogP contribution is 2.12. The lowest BCUT2D eigenvalue weighted by atomic mass is 10.6. The van der Waals surface area contributed by atoms with E-state index in [-0.39, 0.29) is 0 Å². The number of rotatable bonds is 0. The molecule has 0 aliphatic carbocycles. The number of fused-ring (bicyclic) bond motifs is 1. The number of nitrogen functional groups attached to an aromatic ring is 1. The van der Waals surface area contributed by atoms with E-state index in [4.69, 9.17) is 5.73 Å². The van der Waals surface area contributed by atoms with Crippen molar-refractivity contribution in [2.24, 2.45) is 0 Å². The summed E-state index contributed by atoms with van der Waals surface area (Å²) in [5.41, 5.74) is 6.14. The molecule has 0 aliphatic heterocycles. The van der Waals surface area contributed by atoms with Gasteiger partial charge in [0.1, 0.15) is 4.60 Å². The molecule has 0 aromatic carbocycles. The molecule has 0 saturated carbocycles. The number of hydrogen-bond acceptors (Lipinski definition) is 3. The van der Waals surface area contributed by atoms with Gasteiger partial charge in [0.05, 0.1) is 18.1 Å². The lowest BCUT2D eigenvalue weighted by Gasteiger charge is -1.94. The van der Waals surface area contributed by atoms with Crippen LogP contribution in [0.15, 0.2) is 23.2 Å². The topological polar surface area (TPSA) is 56.2 Å². The highest BCUT2D eigenvalue weighted by Gasteiger charge is 1.99. The van der Waals surface area contributed by atoms with Crippen molar-refractivity contribution in [3.05, 3.63) is 23.2 Å². The van der Waals surface area contributed by atoms with Gasteiger partial charge < -0.3 is 5.73 Å². The van der Waals surface area contributed by atoms with Gasteiger partial charge in [-0.1, -0.05) is 0 Å². The summed E-state index contributed by atoms with van der Waals surface area (Å²) in [6, 6.07) is 0. The third-order valence-corrected chi connectivity index (χ3v) is 1.93. The smallest absolute Gasteiger partial charge is 0.234 e. The molecule has 0 saturated heterocycles. The van der Waals surface area contributed by atoms with Gasteiger partial charge in [0.2, 0.25) is 5.78 Å². The first kappa shape index (κ1) is 6.60. The second-order valence-electron chi connectivity index (χ2n) is 2.14. The summed E-state index contributed by atoms with van der Waals surface area (Å²) in [7, 11) is 0. The molecule has 2 heterocycles. The maximum atomic E-state index is 5.52. The van der Waals surface area contributed by atoms with Gasteiger partial charge in [-0.3, -0.25) is 4.40 Å². The Hall–Kier alpha value is -1.10. The summed E-state index contributed by atoms with van der Waals surface area (Å²) in [6.45, 7) is 0. The number of nitrogens with zero attached hydrogens (tertiary/aromatic N) is 3. The molecule has 0 spiro atoms. The quantitative estimate of drug-likeness (QED) is 0.712. The molecule has 0 atom stereocenters. The van der Waals surface area contributed by atoms with Crippen molar-refractivity contribution in [3.8, 4) is 0 Å². The van der Waals surface area contributed by atoms with Gasteiger partial charge in [0, 0.05) is 6.20 Å². The van der Waals surface area contributed by atoms with Crippen LogP contribution < -0.4 is 5.73 Å². The molecule has 11 heavy (non-hydrogen) atoms. The molecule has 0 fully saturated rings. The van der Waals surface area contributed by atoms with Crippen LogP contribution in [0.5, 0.6) is 0 Å². The molecular formula is C6H5BrN4. The van der Waals surface area contributed by atoms with E-state index in [2.05, 4.69) is 25.9 Å². The number of aromatic nitrogens is 3. The first-order valence-electron chi connectivity index (χ1n) is 3.01. The lowest BCUT2D eigenvalue weighted by Crippen LogP contribution is -1.93. The maximum absolute atomic E-state index is 5.52. The predicted octanol–water partition coefficient (Wildman–Crippen LogP) is 1.07. The van der Waals surface area contributed by atoms with E-state index >= 15 is 0 Å². The van der Waals surface area contributed by atoms with Crippen LogP contribution in [0.2, 0.25) is 0 Å². The van der Waals surface area contributed by atoms with Gasteiger partial charge in [0.25, 0.3) is 0 Å². The Labute approximate surface area is 71.2 Å². The van der Waals surface area contributed by atoms with Crippen LogP contribution >= 0.6 is 15.9 Å². The van der Waals surface area contributed by atoms with Crippen LogP contribution in [0, 0.1) is 0 Å². The first-order valence-corrected chi connectivity index (χ1v) is 3.81. The van der Waals surface area contributed by atoms with Crippen molar-refractivity contribution in [1.82, 2.24) is 14.4 Å². The molecule has 0 amide bonds. The van der Waals surface area contributed by atoms with Crippen molar-refractivity contribution in [2.75, 3.05) is 5.73 Å². The van der Waals surface area contributed by atoms with Crippen molar-refractivity contribution in [1.29, 1.82) is 0 Å². The maximum Gasteiger partial charge on any atom is 0.234 e. The van der Waals surface area contributed by atoms with Gasteiger partial charge in [0.15, 0.2) is 0 Å². The summed E-state index contributed by atoms with van der Waals surface area (Å²) in [5.74, 6) is 0.645. The predicted molar refractivity (Wildman–Crippen MR) is 45.1 cm³/mol. The number of anilines is 1. The van der Waals surface area contributed by atoms with Crippen LogP contribution in [-0.2, 0) is 0 Å². The van der Waals surface area contributed by atoms with E-state index in [0.29, 0.717) is 11.5 Å². The monoisotopic (exact) mass is 212 g/mol. The third-order valence-electron chi connectivity index (χ3n) is 1.34. The molecule has 0 aliphatic rings. The van der Waals surface area contributed by atoms with Crippen molar-refractivity contribution in [3.63, 3.8) is 0 Å². The Morgan fingerprint density at radius 3 is 2.91 bits per heavy atom. The summed E-state index contributed by atoms with van der Waals surface area (Å²) in [4.78, 5) is 8.01. The van der Waals surface area contributed by atoms with Gasteiger partial charge in [-0.25, -0.2) is 9.97 Å². The standard InChI is InChI=1S/C6H5BrN4/c7-5-2-10-6-9-1-4(8)3-11(5)6/h1-3H,8H2. The minimum Gasteiger partial charge on any atom is -0.396 e. The van der Waals surface area contributed by atoms with E-state index in [1.54, 1.807) is 23.0 Å².